The molecule has 0 atom stereocenters. The second-order valence-corrected chi connectivity index (χ2v) is 15.7. The summed E-state index contributed by atoms with van der Waals surface area (Å²) in [6, 6.07) is 59.1. The van der Waals surface area contributed by atoms with Gasteiger partial charge in [-0.05, 0) is 12.1 Å². The molecule has 0 aliphatic rings. The van der Waals surface area contributed by atoms with Crippen molar-refractivity contribution in [2.75, 3.05) is 0 Å². The van der Waals surface area contributed by atoms with Gasteiger partial charge in [0.15, 0.2) is 0 Å². The number of oxazole rings is 1. The Hall–Kier alpha value is -6.72. The molecule has 0 N–H and O–H groups in total. The standard InChI is InChI=1S/C48H28N4OSe/c1-3-12-29(13-4-1)33-24-25-35-38(27-33)44-40(49-48(53-44)31-15-5-2-6-16-31)28-39(35)47-51-45(34-23-22-30-14-7-8-17-32(30)26-34)50-46(52-47)37-19-11-21-42-43(37)36-18-9-10-20-41(36)54-42/h1-28H. The molecule has 3 heterocycles. The van der Waals surface area contributed by atoms with E-state index in [0.29, 0.717) is 23.4 Å². The summed E-state index contributed by atoms with van der Waals surface area (Å²) in [5.74, 6) is 2.42. The number of rotatable bonds is 5. The number of benzene rings is 8. The molecule has 0 radical (unpaired) electrons. The Morgan fingerprint density at radius 2 is 1.07 bits per heavy atom. The summed E-state index contributed by atoms with van der Waals surface area (Å²) in [7, 11) is 0. The minimum absolute atomic E-state index is 0.208. The predicted octanol–water partition coefficient (Wildman–Crippen LogP) is 12.0. The third-order valence-corrected chi connectivity index (χ3v) is 12.5. The topological polar surface area (TPSA) is 64.7 Å². The van der Waals surface area contributed by atoms with Crippen molar-refractivity contribution in [3.8, 4) is 56.7 Å². The van der Waals surface area contributed by atoms with Crippen LogP contribution in [0.5, 0.6) is 0 Å². The zero-order valence-electron chi connectivity index (χ0n) is 28.8. The van der Waals surface area contributed by atoms with E-state index < -0.39 is 0 Å². The largest absolute Gasteiger partial charge is 0.0617 e. The smallest absolute Gasteiger partial charge is 0.0544 e. The van der Waals surface area contributed by atoms with E-state index in [-0.39, 0.29) is 14.5 Å². The summed E-state index contributed by atoms with van der Waals surface area (Å²) in [5.41, 5.74) is 7.42. The molecule has 11 aromatic rings. The Labute approximate surface area is 316 Å². The Kier molecular flexibility index (Phi) is 7.12. The number of fused-ring (bicyclic) bond motifs is 7. The molecule has 0 aliphatic carbocycles. The van der Waals surface area contributed by atoms with Crippen LogP contribution in [0.4, 0.5) is 0 Å². The van der Waals surface area contributed by atoms with Gasteiger partial charge in [0.05, 0.1) is 0 Å². The molecular formula is C48H28N4OSe. The molecule has 0 saturated heterocycles. The van der Waals surface area contributed by atoms with Crippen LogP contribution in [0, 0.1) is 0 Å². The maximum Gasteiger partial charge on any atom is -0.0544 e. The molecule has 6 heteroatoms. The molecule has 0 saturated carbocycles. The summed E-state index contributed by atoms with van der Waals surface area (Å²) in [4.78, 5) is 20.9. The normalized spacial score (nSPS) is 11.7. The summed E-state index contributed by atoms with van der Waals surface area (Å²) < 4.78 is 9.31. The van der Waals surface area contributed by atoms with Crippen LogP contribution >= 0.6 is 0 Å². The van der Waals surface area contributed by atoms with Crippen molar-refractivity contribution in [2.24, 2.45) is 0 Å². The summed E-state index contributed by atoms with van der Waals surface area (Å²) >= 11 is 0.208. The third-order valence-electron chi connectivity index (χ3n) is 10.1. The molecule has 0 fully saturated rings. The Bertz CT molecular complexity index is 3220. The summed E-state index contributed by atoms with van der Waals surface area (Å²) in [5, 5.41) is 6.70. The van der Waals surface area contributed by atoms with Crippen molar-refractivity contribution < 1.29 is 4.42 Å². The Morgan fingerprint density at radius 1 is 0.389 bits per heavy atom. The second-order valence-electron chi connectivity index (χ2n) is 13.4. The van der Waals surface area contributed by atoms with E-state index >= 15 is 0 Å². The van der Waals surface area contributed by atoms with Gasteiger partial charge in [-0.2, -0.15) is 0 Å². The first kappa shape index (κ1) is 30.9. The maximum absolute atomic E-state index is 6.60. The van der Waals surface area contributed by atoms with Crippen LogP contribution in [0.2, 0.25) is 0 Å². The number of hydrogen-bond donors (Lipinski definition) is 0. The second kappa shape index (κ2) is 12.5. The van der Waals surface area contributed by atoms with Crippen molar-refractivity contribution in [3.05, 3.63) is 170 Å². The number of nitrogens with zero attached hydrogens (tertiary/aromatic N) is 4. The molecule has 11 rings (SSSR count). The fourth-order valence-electron chi connectivity index (χ4n) is 7.54. The average Bonchev–Trinajstić information content (AvgIpc) is 3.86. The summed E-state index contributed by atoms with van der Waals surface area (Å²) in [6.07, 6.45) is 0. The van der Waals surface area contributed by atoms with E-state index in [1.165, 1.54) is 24.7 Å². The van der Waals surface area contributed by atoms with E-state index in [1.807, 2.05) is 36.4 Å². The molecule has 0 unspecified atom stereocenters. The molecule has 0 spiro atoms. The van der Waals surface area contributed by atoms with E-state index in [1.54, 1.807) is 0 Å². The van der Waals surface area contributed by atoms with Crippen molar-refractivity contribution >= 4 is 66.4 Å². The van der Waals surface area contributed by atoms with Gasteiger partial charge < -0.3 is 0 Å². The van der Waals surface area contributed by atoms with Crippen molar-refractivity contribution in [3.63, 3.8) is 0 Å². The van der Waals surface area contributed by atoms with E-state index in [9.17, 15) is 0 Å². The molecule has 0 amide bonds. The Balaban J connectivity index is 1.21. The maximum atomic E-state index is 6.60. The Morgan fingerprint density at radius 3 is 1.93 bits per heavy atom. The van der Waals surface area contributed by atoms with Crippen LogP contribution in [-0.4, -0.2) is 34.4 Å². The third kappa shape index (κ3) is 5.15. The van der Waals surface area contributed by atoms with E-state index in [2.05, 4.69) is 133 Å². The molecule has 252 valence electrons. The molecule has 0 bridgehead atoms. The number of hydrogen-bond acceptors (Lipinski definition) is 5. The first-order valence-electron chi connectivity index (χ1n) is 17.9. The van der Waals surface area contributed by atoms with E-state index in [0.717, 1.165) is 60.6 Å². The van der Waals surface area contributed by atoms with Crippen LogP contribution in [0.1, 0.15) is 0 Å². The fourth-order valence-corrected chi connectivity index (χ4v) is 9.91. The SMILES string of the molecule is c1ccc(-c2ccc3c(-c4nc(-c5ccc6ccccc6c5)nc(-c5cccc6[se]c7ccccc7c56)n4)cc4nc(-c5ccccc5)oc4c3c2)cc1. The van der Waals surface area contributed by atoms with Gasteiger partial charge in [-0.25, -0.2) is 0 Å². The molecule has 0 aliphatic heterocycles. The van der Waals surface area contributed by atoms with Gasteiger partial charge in [0.2, 0.25) is 0 Å². The zero-order valence-corrected chi connectivity index (χ0v) is 30.5. The van der Waals surface area contributed by atoms with Gasteiger partial charge in [0, 0.05) is 0 Å². The quantitative estimate of drug-likeness (QED) is 0.164. The van der Waals surface area contributed by atoms with Gasteiger partial charge in [0.1, 0.15) is 0 Å². The van der Waals surface area contributed by atoms with Gasteiger partial charge >= 0.3 is 257 Å². The van der Waals surface area contributed by atoms with Crippen molar-refractivity contribution in [2.45, 2.75) is 0 Å². The van der Waals surface area contributed by atoms with Crippen LogP contribution in [0.15, 0.2) is 174 Å². The van der Waals surface area contributed by atoms with Crippen molar-refractivity contribution in [1.29, 1.82) is 0 Å². The molecule has 54 heavy (non-hydrogen) atoms. The van der Waals surface area contributed by atoms with Crippen LogP contribution < -0.4 is 0 Å². The first-order chi connectivity index (χ1) is 26.7. The minimum Gasteiger partial charge on any atom is -0.0617 e. The van der Waals surface area contributed by atoms with Crippen LogP contribution in [-0.2, 0) is 0 Å². The monoisotopic (exact) mass is 756 g/mol. The molecule has 3 aromatic heterocycles. The first-order valence-corrected chi connectivity index (χ1v) is 19.6. The minimum atomic E-state index is 0.208. The van der Waals surface area contributed by atoms with Gasteiger partial charge in [-0.1, -0.05) is 48.5 Å². The summed E-state index contributed by atoms with van der Waals surface area (Å²) in [6.45, 7) is 0. The predicted molar refractivity (Wildman–Crippen MR) is 222 cm³/mol. The van der Waals surface area contributed by atoms with E-state index in [4.69, 9.17) is 24.4 Å². The number of aromatic nitrogens is 4. The van der Waals surface area contributed by atoms with Crippen LogP contribution in [0.25, 0.3) is 109 Å². The fraction of sp³-hybridized carbons (Fsp3) is 0. The van der Waals surface area contributed by atoms with Gasteiger partial charge in [-0.3, -0.25) is 0 Å². The van der Waals surface area contributed by atoms with Gasteiger partial charge in [0.25, 0.3) is 0 Å². The van der Waals surface area contributed by atoms with Crippen LogP contribution in [0.3, 0.4) is 0 Å². The average molecular weight is 756 g/mol. The molecule has 5 nitrogen and oxygen atoms in total. The van der Waals surface area contributed by atoms with Gasteiger partial charge in [-0.15, -0.1) is 0 Å². The zero-order chi connectivity index (χ0) is 35.6. The van der Waals surface area contributed by atoms with Crippen molar-refractivity contribution in [1.82, 2.24) is 19.9 Å². The molecular weight excluding hydrogens is 728 g/mol. The molecule has 8 aromatic carbocycles.